The van der Waals surface area contributed by atoms with Gasteiger partial charge >= 0.3 is 6.18 Å². The molecule has 0 saturated carbocycles. The average Bonchev–Trinajstić information content (AvgIpc) is 3.23. The quantitative estimate of drug-likeness (QED) is 0.637. The van der Waals surface area contributed by atoms with Crippen molar-refractivity contribution in [2.45, 2.75) is 31.0 Å². The maximum absolute atomic E-state index is 13.2. The minimum absolute atomic E-state index is 0.116. The average molecular weight is 415 g/mol. The van der Waals surface area contributed by atoms with E-state index < -0.39 is 27.5 Å². The van der Waals surface area contributed by atoms with Crippen LogP contribution in [0, 0.1) is 0 Å². The standard InChI is InChI=1S/C17H16F3N3O2S2/c1-11(2)23-10-15(16(21-23)14-8-5-9-26-14)27(24,25)22-13-7-4-3-6-12(13)17(18,19)20/h3-11,22H,1-2H3. The first-order valence-electron chi connectivity index (χ1n) is 7.91. The summed E-state index contributed by atoms with van der Waals surface area (Å²) in [5, 5.41) is 6.09. The van der Waals surface area contributed by atoms with Crippen LogP contribution < -0.4 is 4.72 Å². The highest BCUT2D eigenvalue weighted by molar-refractivity contribution is 7.92. The predicted molar refractivity (Wildman–Crippen MR) is 98.2 cm³/mol. The van der Waals surface area contributed by atoms with Gasteiger partial charge in [-0.3, -0.25) is 9.40 Å². The van der Waals surface area contributed by atoms with Crippen molar-refractivity contribution in [2.75, 3.05) is 4.72 Å². The van der Waals surface area contributed by atoms with Crippen LogP contribution in [-0.2, 0) is 16.2 Å². The fourth-order valence-electron chi connectivity index (χ4n) is 2.44. The Morgan fingerprint density at radius 2 is 1.85 bits per heavy atom. The summed E-state index contributed by atoms with van der Waals surface area (Å²) in [5.74, 6) is 0. The number of hydrogen-bond donors (Lipinski definition) is 1. The second-order valence-electron chi connectivity index (χ2n) is 6.04. The van der Waals surface area contributed by atoms with Crippen molar-refractivity contribution < 1.29 is 21.6 Å². The van der Waals surface area contributed by atoms with E-state index in [0.717, 1.165) is 12.1 Å². The van der Waals surface area contributed by atoms with Crippen molar-refractivity contribution in [1.82, 2.24) is 9.78 Å². The van der Waals surface area contributed by atoms with Crippen molar-refractivity contribution in [3.05, 3.63) is 53.5 Å². The molecule has 0 aliphatic rings. The Kier molecular flexibility index (Phi) is 5.04. The fraction of sp³-hybridized carbons (Fsp3) is 0.235. The van der Waals surface area contributed by atoms with Gasteiger partial charge in [-0.25, -0.2) is 8.42 Å². The molecule has 0 fully saturated rings. The van der Waals surface area contributed by atoms with Gasteiger partial charge in [0, 0.05) is 12.2 Å². The number of anilines is 1. The Labute approximate surface area is 158 Å². The minimum Gasteiger partial charge on any atom is -0.279 e. The van der Waals surface area contributed by atoms with E-state index in [1.807, 2.05) is 13.8 Å². The zero-order valence-corrected chi connectivity index (χ0v) is 16.0. The number of rotatable bonds is 5. The second kappa shape index (κ2) is 7.01. The van der Waals surface area contributed by atoms with Gasteiger partial charge in [-0.15, -0.1) is 11.3 Å². The molecule has 0 atom stereocenters. The molecular formula is C17H16F3N3O2S2. The van der Waals surface area contributed by atoms with Crippen LogP contribution in [0.1, 0.15) is 25.5 Å². The van der Waals surface area contributed by atoms with Gasteiger partial charge < -0.3 is 0 Å². The Bertz CT molecular complexity index is 1040. The lowest BCUT2D eigenvalue weighted by Crippen LogP contribution is -2.17. The highest BCUT2D eigenvalue weighted by Crippen LogP contribution is 2.37. The van der Waals surface area contributed by atoms with Crippen LogP contribution in [0.25, 0.3) is 10.6 Å². The molecule has 3 aromatic rings. The van der Waals surface area contributed by atoms with E-state index in [9.17, 15) is 21.6 Å². The zero-order chi connectivity index (χ0) is 19.8. The number of aromatic nitrogens is 2. The zero-order valence-electron chi connectivity index (χ0n) is 14.4. The van der Waals surface area contributed by atoms with Gasteiger partial charge in [-0.2, -0.15) is 18.3 Å². The molecule has 0 bridgehead atoms. The molecule has 0 unspecified atom stereocenters. The molecular weight excluding hydrogens is 399 g/mol. The Morgan fingerprint density at radius 1 is 1.15 bits per heavy atom. The monoisotopic (exact) mass is 415 g/mol. The highest BCUT2D eigenvalue weighted by atomic mass is 32.2. The second-order valence-corrected chi connectivity index (χ2v) is 8.64. The lowest BCUT2D eigenvalue weighted by molar-refractivity contribution is -0.136. The first-order chi connectivity index (χ1) is 12.6. The number of alkyl halides is 3. The van der Waals surface area contributed by atoms with Gasteiger partial charge in [0.2, 0.25) is 0 Å². The number of sulfonamides is 1. The molecule has 3 rings (SSSR count). The van der Waals surface area contributed by atoms with Crippen LogP contribution in [-0.4, -0.2) is 18.2 Å². The third-order valence-corrected chi connectivity index (χ3v) is 5.99. The molecule has 0 aliphatic carbocycles. The van der Waals surface area contributed by atoms with Crippen molar-refractivity contribution in [2.24, 2.45) is 0 Å². The molecule has 0 aliphatic heterocycles. The van der Waals surface area contributed by atoms with E-state index in [1.165, 1.54) is 34.3 Å². The maximum Gasteiger partial charge on any atom is 0.418 e. The van der Waals surface area contributed by atoms with E-state index in [1.54, 1.807) is 17.5 Å². The molecule has 27 heavy (non-hydrogen) atoms. The normalized spacial score (nSPS) is 12.5. The summed E-state index contributed by atoms with van der Waals surface area (Å²) in [6, 6.07) is 7.79. The lowest BCUT2D eigenvalue weighted by atomic mass is 10.2. The summed E-state index contributed by atoms with van der Waals surface area (Å²) in [5.41, 5.74) is -1.38. The van der Waals surface area contributed by atoms with Crippen molar-refractivity contribution in [3.63, 3.8) is 0 Å². The molecule has 1 aromatic carbocycles. The maximum atomic E-state index is 13.2. The number of hydrogen-bond acceptors (Lipinski definition) is 4. The smallest absolute Gasteiger partial charge is 0.279 e. The first kappa shape index (κ1) is 19.4. The Hall–Kier alpha value is -2.33. The number of thiophene rings is 1. The molecule has 144 valence electrons. The van der Waals surface area contributed by atoms with Gasteiger partial charge in [0.15, 0.2) is 0 Å². The molecule has 5 nitrogen and oxygen atoms in total. The molecule has 10 heteroatoms. The van der Waals surface area contributed by atoms with E-state index in [2.05, 4.69) is 9.82 Å². The van der Waals surface area contributed by atoms with Gasteiger partial charge in [0.25, 0.3) is 10.0 Å². The van der Waals surface area contributed by atoms with Crippen LogP contribution in [0.15, 0.2) is 52.9 Å². The summed E-state index contributed by atoms with van der Waals surface area (Å²) in [6.07, 6.45) is -3.35. The van der Waals surface area contributed by atoms with Crippen molar-refractivity contribution in [3.8, 4) is 10.6 Å². The summed E-state index contributed by atoms with van der Waals surface area (Å²) >= 11 is 1.30. The van der Waals surface area contributed by atoms with E-state index in [0.29, 0.717) is 4.88 Å². The minimum atomic E-state index is -4.68. The van der Waals surface area contributed by atoms with E-state index in [4.69, 9.17) is 0 Å². The van der Waals surface area contributed by atoms with Crippen molar-refractivity contribution in [1.29, 1.82) is 0 Å². The molecule has 1 N–H and O–H groups in total. The summed E-state index contributed by atoms with van der Waals surface area (Å²) in [7, 11) is -4.29. The molecule has 2 heterocycles. The number of halogens is 3. The van der Waals surface area contributed by atoms with Crippen LogP contribution in [0.4, 0.5) is 18.9 Å². The molecule has 0 saturated heterocycles. The largest absolute Gasteiger partial charge is 0.418 e. The summed E-state index contributed by atoms with van der Waals surface area (Å²) in [4.78, 5) is 0.439. The number of nitrogens with one attached hydrogen (secondary N) is 1. The van der Waals surface area contributed by atoms with E-state index >= 15 is 0 Å². The topological polar surface area (TPSA) is 64.0 Å². The third-order valence-electron chi connectivity index (χ3n) is 3.75. The molecule has 0 radical (unpaired) electrons. The molecule has 2 aromatic heterocycles. The van der Waals surface area contributed by atoms with Crippen LogP contribution in [0.5, 0.6) is 0 Å². The lowest BCUT2D eigenvalue weighted by Gasteiger charge is -2.14. The van der Waals surface area contributed by atoms with Gasteiger partial charge in [-0.05, 0) is 37.4 Å². The Balaban J connectivity index is 2.09. The van der Waals surface area contributed by atoms with Gasteiger partial charge in [0.1, 0.15) is 10.6 Å². The molecule has 0 amide bonds. The summed E-state index contributed by atoms with van der Waals surface area (Å²) in [6.45, 7) is 3.65. The van der Waals surface area contributed by atoms with Gasteiger partial charge in [0.05, 0.1) is 16.1 Å². The fourth-order valence-corrected chi connectivity index (χ4v) is 4.46. The Morgan fingerprint density at radius 3 is 2.44 bits per heavy atom. The van der Waals surface area contributed by atoms with Crippen LogP contribution >= 0.6 is 11.3 Å². The SMILES string of the molecule is CC(C)n1cc(S(=O)(=O)Nc2ccccc2C(F)(F)F)c(-c2cccs2)n1. The van der Waals surface area contributed by atoms with Crippen LogP contribution in [0.3, 0.4) is 0 Å². The van der Waals surface area contributed by atoms with Crippen molar-refractivity contribution >= 4 is 27.0 Å². The first-order valence-corrected chi connectivity index (χ1v) is 10.3. The number of benzene rings is 1. The highest BCUT2D eigenvalue weighted by Gasteiger charge is 2.35. The third kappa shape index (κ3) is 4.01. The molecule has 0 spiro atoms. The summed E-state index contributed by atoms with van der Waals surface area (Å²) < 4.78 is 68.9. The van der Waals surface area contributed by atoms with E-state index in [-0.39, 0.29) is 16.6 Å². The predicted octanol–water partition coefficient (Wildman–Crippen LogP) is 5.01. The number of para-hydroxylation sites is 1. The van der Waals surface area contributed by atoms with Gasteiger partial charge in [-0.1, -0.05) is 18.2 Å². The van der Waals surface area contributed by atoms with Crippen LogP contribution in [0.2, 0.25) is 0 Å². The number of nitrogens with zero attached hydrogens (tertiary/aromatic N) is 2.